The first-order valence-electron chi connectivity index (χ1n) is 5.20. The number of hydrogen-bond acceptors (Lipinski definition) is 3. The second kappa shape index (κ2) is 5.59. The number of carboxylic acid groups (broad SMARTS) is 1. The maximum absolute atomic E-state index is 11.2. The summed E-state index contributed by atoms with van der Waals surface area (Å²) in [6.45, 7) is 11.2. The van der Waals surface area contributed by atoms with E-state index in [9.17, 15) is 4.79 Å². The zero-order chi connectivity index (χ0) is 13.0. The highest BCUT2D eigenvalue weighted by Gasteiger charge is 2.20. The molecule has 0 aliphatic rings. The molecule has 0 atom stereocenters. The van der Waals surface area contributed by atoms with Crippen molar-refractivity contribution in [2.45, 2.75) is 19.8 Å². The molecule has 0 unspecified atom stereocenters. The van der Waals surface area contributed by atoms with Gasteiger partial charge >= 0.3 is 5.97 Å². The number of thiazole rings is 1. The van der Waals surface area contributed by atoms with Crippen LogP contribution in [0.5, 0.6) is 0 Å². The van der Waals surface area contributed by atoms with Crippen molar-refractivity contribution >= 4 is 22.9 Å². The van der Waals surface area contributed by atoms with Gasteiger partial charge in [-0.1, -0.05) is 45.2 Å². The highest BCUT2D eigenvalue weighted by atomic mass is 32.1. The number of hydrogen-bond donors (Lipinski definition) is 1. The summed E-state index contributed by atoms with van der Waals surface area (Å²) in [5.74, 6) is -0.747. The van der Waals surface area contributed by atoms with Crippen LogP contribution in [-0.2, 0) is 0 Å². The molecule has 0 radical (unpaired) electrons. The minimum Gasteiger partial charge on any atom is -0.477 e. The molecule has 1 N–H and O–H groups in total. The number of aromatic carboxylic acids is 1. The minimum atomic E-state index is -0.957. The van der Waals surface area contributed by atoms with Gasteiger partial charge < -0.3 is 5.11 Å². The molecule has 0 spiro atoms. The highest BCUT2D eigenvalue weighted by Crippen LogP contribution is 2.29. The quantitative estimate of drug-likeness (QED) is 0.809. The van der Waals surface area contributed by atoms with Gasteiger partial charge in [0.15, 0.2) is 0 Å². The summed E-state index contributed by atoms with van der Waals surface area (Å²) in [5, 5.41) is 9.97. The van der Waals surface area contributed by atoms with Gasteiger partial charge in [0.1, 0.15) is 4.88 Å². The molecule has 4 heteroatoms. The highest BCUT2D eigenvalue weighted by molar-refractivity contribution is 7.13. The zero-order valence-electron chi connectivity index (χ0n) is 9.93. The van der Waals surface area contributed by atoms with Crippen LogP contribution in [0, 0.1) is 0 Å². The molecule has 0 bridgehead atoms. The lowest BCUT2D eigenvalue weighted by atomic mass is 10.1. The average molecular weight is 249 g/mol. The van der Waals surface area contributed by atoms with Crippen molar-refractivity contribution in [2.75, 3.05) is 0 Å². The summed E-state index contributed by atoms with van der Waals surface area (Å²) in [4.78, 5) is 15.8. The van der Waals surface area contributed by atoms with E-state index in [0.29, 0.717) is 11.3 Å². The Morgan fingerprint density at radius 3 is 2.53 bits per heavy atom. The molecule has 1 aromatic heterocycles. The predicted molar refractivity (Wildman–Crippen MR) is 71.5 cm³/mol. The summed E-state index contributed by atoms with van der Waals surface area (Å²) >= 11 is 1.21. The third-order valence-electron chi connectivity index (χ3n) is 2.12. The topological polar surface area (TPSA) is 50.2 Å². The van der Waals surface area contributed by atoms with Crippen LogP contribution in [0.15, 0.2) is 31.4 Å². The van der Waals surface area contributed by atoms with Gasteiger partial charge in [0.05, 0.1) is 10.7 Å². The number of aromatic nitrogens is 1. The van der Waals surface area contributed by atoms with Crippen molar-refractivity contribution in [1.29, 1.82) is 0 Å². The number of allylic oxidation sites excluding steroid dienone is 4. The Morgan fingerprint density at radius 2 is 2.12 bits per heavy atom. The summed E-state index contributed by atoms with van der Waals surface area (Å²) in [7, 11) is 0. The first kappa shape index (κ1) is 13.4. The molecule has 0 amide bonds. The van der Waals surface area contributed by atoms with Crippen LogP contribution in [-0.4, -0.2) is 16.1 Å². The summed E-state index contributed by atoms with van der Waals surface area (Å²) in [5.41, 5.74) is 1.15. The number of rotatable bonds is 5. The Balaban J connectivity index is 3.39. The second-order valence-corrected chi connectivity index (χ2v) is 4.78. The predicted octanol–water partition coefficient (Wildman–Crippen LogP) is 3.72. The van der Waals surface area contributed by atoms with Gasteiger partial charge in [0.25, 0.3) is 0 Å². The van der Waals surface area contributed by atoms with Gasteiger partial charge in [-0.25, -0.2) is 9.78 Å². The van der Waals surface area contributed by atoms with E-state index >= 15 is 0 Å². The van der Waals surface area contributed by atoms with Crippen molar-refractivity contribution < 1.29 is 9.90 Å². The maximum Gasteiger partial charge on any atom is 0.348 e. The SMILES string of the molecule is C=C/C=C(\C=C)c1nc(C(C)C)sc1C(=O)O. The number of carboxylic acids is 1. The van der Waals surface area contributed by atoms with Crippen LogP contribution in [0.3, 0.4) is 0 Å². The second-order valence-electron chi connectivity index (χ2n) is 3.75. The standard InChI is InChI=1S/C13H15NO2S/c1-5-7-9(6-2)10-11(13(15)16)17-12(14-10)8(3)4/h5-8H,1-2H2,3-4H3,(H,15,16)/b9-7+. The van der Waals surface area contributed by atoms with Crippen molar-refractivity contribution in [1.82, 2.24) is 4.98 Å². The minimum absolute atomic E-state index is 0.210. The van der Waals surface area contributed by atoms with Crippen molar-refractivity contribution in [3.63, 3.8) is 0 Å². The first-order valence-corrected chi connectivity index (χ1v) is 6.02. The van der Waals surface area contributed by atoms with Crippen LogP contribution in [0.1, 0.15) is 40.1 Å². The van der Waals surface area contributed by atoms with Crippen molar-refractivity contribution in [2.24, 2.45) is 0 Å². The average Bonchev–Trinajstić information content (AvgIpc) is 2.70. The van der Waals surface area contributed by atoms with Gasteiger partial charge in [-0.05, 0) is 0 Å². The van der Waals surface area contributed by atoms with E-state index in [1.165, 1.54) is 11.3 Å². The zero-order valence-corrected chi connectivity index (χ0v) is 10.8. The fourth-order valence-electron chi connectivity index (χ4n) is 1.29. The van der Waals surface area contributed by atoms with Gasteiger partial charge in [-0.15, -0.1) is 11.3 Å². The molecule has 0 aliphatic heterocycles. The lowest BCUT2D eigenvalue weighted by molar-refractivity contribution is 0.0701. The fraction of sp³-hybridized carbons (Fsp3) is 0.231. The molecule has 0 saturated heterocycles. The van der Waals surface area contributed by atoms with Crippen LogP contribution in [0.25, 0.3) is 5.57 Å². The van der Waals surface area contributed by atoms with Crippen LogP contribution >= 0.6 is 11.3 Å². The lowest BCUT2D eigenvalue weighted by Gasteiger charge is -1.98. The molecule has 1 heterocycles. The Hall–Kier alpha value is -1.68. The Morgan fingerprint density at radius 1 is 1.47 bits per heavy atom. The van der Waals surface area contributed by atoms with E-state index in [4.69, 9.17) is 5.11 Å². The van der Waals surface area contributed by atoms with Crippen LogP contribution < -0.4 is 0 Å². The monoisotopic (exact) mass is 249 g/mol. The maximum atomic E-state index is 11.2. The molecule has 17 heavy (non-hydrogen) atoms. The summed E-state index contributed by atoms with van der Waals surface area (Å²) < 4.78 is 0. The van der Waals surface area contributed by atoms with E-state index in [1.54, 1.807) is 18.2 Å². The van der Waals surface area contributed by atoms with Crippen molar-refractivity contribution in [3.05, 3.63) is 47.0 Å². The van der Waals surface area contributed by atoms with Gasteiger partial charge in [-0.2, -0.15) is 0 Å². The molecule has 0 fully saturated rings. The molecule has 90 valence electrons. The summed E-state index contributed by atoms with van der Waals surface area (Å²) in [6, 6.07) is 0. The van der Waals surface area contributed by atoms with Crippen LogP contribution in [0.2, 0.25) is 0 Å². The van der Waals surface area contributed by atoms with E-state index in [2.05, 4.69) is 18.1 Å². The van der Waals surface area contributed by atoms with Gasteiger partial charge in [-0.3, -0.25) is 0 Å². The molecule has 3 nitrogen and oxygen atoms in total. The normalized spacial score (nSPS) is 11.6. The molecular formula is C13H15NO2S. The van der Waals surface area contributed by atoms with E-state index in [-0.39, 0.29) is 10.8 Å². The Kier molecular flexibility index (Phi) is 4.40. The molecule has 0 aromatic carbocycles. The van der Waals surface area contributed by atoms with Crippen LogP contribution in [0.4, 0.5) is 0 Å². The fourth-order valence-corrected chi connectivity index (χ4v) is 2.22. The number of carbonyl (C=O) groups is 1. The third kappa shape index (κ3) is 2.91. The van der Waals surface area contributed by atoms with Crippen molar-refractivity contribution in [3.8, 4) is 0 Å². The van der Waals surface area contributed by atoms with Gasteiger partial charge in [0.2, 0.25) is 0 Å². The molecule has 0 saturated carbocycles. The van der Waals surface area contributed by atoms with Gasteiger partial charge in [0, 0.05) is 11.5 Å². The summed E-state index contributed by atoms with van der Waals surface area (Å²) in [6.07, 6.45) is 4.89. The van der Waals surface area contributed by atoms with E-state index < -0.39 is 5.97 Å². The lowest BCUT2D eigenvalue weighted by Crippen LogP contribution is -1.97. The molecule has 0 aliphatic carbocycles. The molecule has 1 rings (SSSR count). The first-order chi connectivity index (χ1) is 8.01. The Bertz CT molecular complexity index is 484. The third-order valence-corrected chi connectivity index (χ3v) is 3.47. The number of nitrogens with zero attached hydrogens (tertiary/aromatic N) is 1. The van der Waals surface area contributed by atoms with E-state index in [0.717, 1.165) is 5.01 Å². The van der Waals surface area contributed by atoms with E-state index in [1.807, 2.05) is 13.8 Å². The molecular weight excluding hydrogens is 234 g/mol. The Labute approximate surface area is 105 Å². The molecule has 1 aromatic rings. The smallest absolute Gasteiger partial charge is 0.348 e. The largest absolute Gasteiger partial charge is 0.477 e.